The predicted octanol–water partition coefficient (Wildman–Crippen LogP) is 6.26. The first-order valence-electron chi connectivity index (χ1n) is 12.5. The first kappa shape index (κ1) is 26.0. The van der Waals surface area contributed by atoms with E-state index in [4.69, 9.17) is 16.3 Å². The lowest BCUT2D eigenvalue weighted by Gasteiger charge is -2.23. The molecule has 2 N–H and O–H groups in total. The molecule has 5 heterocycles. The van der Waals surface area contributed by atoms with Crippen LogP contribution in [0.15, 0.2) is 49.1 Å². The van der Waals surface area contributed by atoms with E-state index in [1.165, 1.54) is 24.2 Å². The van der Waals surface area contributed by atoms with Gasteiger partial charge < -0.3 is 14.8 Å². The molecule has 8 nitrogen and oxygen atoms in total. The number of carbonyl (C=O) groups excluding carboxylic acids is 1. The minimum absolute atomic E-state index is 0.152. The van der Waals surface area contributed by atoms with Crippen molar-refractivity contribution in [3.8, 4) is 10.4 Å². The molecule has 2 atom stereocenters. The third-order valence-corrected chi connectivity index (χ3v) is 8.56. The molecular weight excluding hydrogens is 528 g/mol. The molecule has 1 aliphatic heterocycles. The number of anilines is 1. The van der Waals surface area contributed by atoms with Crippen LogP contribution in [-0.2, 0) is 4.74 Å². The summed E-state index contributed by atoms with van der Waals surface area (Å²) in [7, 11) is 0. The number of nitrogens with one attached hydrogen (secondary N) is 2. The van der Waals surface area contributed by atoms with Crippen molar-refractivity contribution in [1.82, 2.24) is 24.9 Å². The molecule has 1 saturated heterocycles. The van der Waals surface area contributed by atoms with Gasteiger partial charge >= 0.3 is 0 Å². The number of thiazole rings is 1. The number of nitrogens with zero attached hydrogens (tertiary/aromatic N) is 4. The highest BCUT2D eigenvalue weighted by molar-refractivity contribution is 8.01. The van der Waals surface area contributed by atoms with Crippen LogP contribution >= 0.6 is 34.9 Å². The quantitative estimate of drug-likeness (QED) is 0.247. The summed E-state index contributed by atoms with van der Waals surface area (Å²) >= 11 is 9.26. The van der Waals surface area contributed by atoms with Crippen molar-refractivity contribution in [2.24, 2.45) is 5.92 Å². The summed E-state index contributed by atoms with van der Waals surface area (Å²) in [4.78, 5) is 23.2. The highest BCUT2D eigenvalue weighted by Gasteiger charge is 2.31. The lowest BCUT2D eigenvalue weighted by Crippen LogP contribution is -2.34. The summed E-state index contributed by atoms with van der Waals surface area (Å²) < 4.78 is 10.8. The summed E-state index contributed by atoms with van der Waals surface area (Å²) in [6, 6.07) is 7.36. The minimum atomic E-state index is -0.263. The van der Waals surface area contributed by atoms with E-state index in [1.807, 2.05) is 38.2 Å². The van der Waals surface area contributed by atoms with Crippen LogP contribution in [0.5, 0.6) is 0 Å². The van der Waals surface area contributed by atoms with Crippen LogP contribution in [-0.4, -0.2) is 44.0 Å². The van der Waals surface area contributed by atoms with Crippen LogP contribution in [0.4, 0.5) is 5.69 Å². The molecule has 37 heavy (non-hydrogen) atoms. The van der Waals surface area contributed by atoms with Crippen LogP contribution < -0.4 is 10.0 Å². The van der Waals surface area contributed by atoms with Gasteiger partial charge in [0.15, 0.2) is 5.01 Å². The summed E-state index contributed by atoms with van der Waals surface area (Å²) in [5.41, 5.74) is 3.57. The van der Waals surface area contributed by atoms with Gasteiger partial charge in [-0.25, -0.2) is 9.50 Å². The summed E-state index contributed by atoms with van der Waals surface area (Å²) in [6.07, 6.45) is 10.5. The van der Waals surface area contributed by atoms with Crippen LogP contribution in [0, 0.1) is 5.92 Å². The van der Waals surface area contributed by atoms with Gasteiger partial charge in [-0.15, -0.1) is 11.3 Å². The van der Waals surface area contributed by atoms with E-state index in [0.29, 0.717) is 28.5 Å². The number of hydrogen-bond acceptors (Lipinski definition) is 8. The number of pyridine rings is 2. The number of carbonyl (C=O) groups is 1. The van der Waals surface area contributed by atoms with Gasteiger partial charge in [-0.3, -0.25) is 9.78 Å². The second-order valence-electron chi connectivity index (χ2n) is 8.73. The molecule has 194 valence electrons. The molecule has 4 aromatic rings. The Hall–Kier alpha value is -2.66. The van der Waals surface area contributed by atoms with E-state index >= 15 is 0 Å². The topological polar surface area (TPSA) is 93.4 Å². The molecule has 4 aromatic heterocycles. The average Bonchev–Trinajstić information content (AvgIpc) is 3.30. The van der Waals surface area contributed by atoms with Crippen molar-refractivity contribution < 1.29 is 9.53 Å². The van der Waals surface area contributed by atoms with E-state index < -0.39 is 0 Å². The van der Waals surface area contributed by atoms with Gasteiger partial charge in [0.25, 0.3) is 5.91 Å². The Labute approximate surface area is 229 Å². The maximum atomic E-state index is 13.3. The smallest absolute Gasteiger partial charge is 0.280 e. The van der Waals surface area contributed by atoms with E-state index in [2.05, 4.69) is 25.1 Å². The zero-order valence-electron chi connectivity index (χ0n) is 20.7. The van der Waals surface area contributed by atoms with E-state index in [0.717, 1.165) is 33.8 Å². The van der Waals surface area contributed by atoms with Crippen LogP contribution in [0.1, 0.15) is 54.6 Å². The molecule has 2 unspecified atom stereocenters. The summed E-state index contributed by atoms with van der Waals surface area (Å²) in [5, 5.41) is 9.27. The Bertz CT molecular complexity index is 1370. The molecule has 2 fully saturated rings. The SMILES string of the molecule is CC.O=C(NC(c1cc(NSC2CC2)ccn1)C1CCOC1)c1ncc(-c2cnn3ccc(Cl)cc23)s1. The Morgan fingerprint density at radius 1 is 1.22 bits per heavy atom. The number of aromatic nitrogens is 4. The molecule has 2 aliphatic rings. The Kier molecular flexibility index (Phi) is 8.29. The van der Waals surface area contributed by atoms with Gasteiger partial charge in [0.05, 0.1) is 34.9 Å². The van der Waals surface area contributed by atoms with Crippen molar-refractivity contribution >= 4 is 52.0 Å². The Balaban J connectivity index is 0.00000137. The molecular formula is C26H29ClN6O2S2. The van der Waals surface area contributed by atoms with Gasteiger partial charge in [0.1, 0.15) is 0 Å². The average molecular weight is 557 g/mol. The van der Waals surface area contributed by atoms with Gasteiger partial charge in [-0.05, 0) is 55.5 Å². The van der Waals surface area contributed by atoms with Crippen molar-refractivity contribution in [3.05, 3.63) is 64.8 Å². The molecule has 1 aliphatic carbocycles. The standard InChI is InChI=1S/C24H23ClN6O2S2.C2H6/c25-15-4-7-31-20(9-15)18(11-28-31)21-12-27-24(34-21)23(32)29-22(14-5-8-33-13-14)19-10-16(3-6-26-19)30-35-17-1-2-17;1-2/h3-4,6-7,9-12,14,17,22H,1-2,5,8,13H2,(H,26,30)(H,29,32);1-2H3. The zero-order chi connectivity index (χ0) is 25.8. The lowest BCUT2D eigenvalue weighted by molar-refractivity contribution is 0.0914. The van der Waals surface area contributed by atoms with E-state index in [9.17, 15) is 4.79 Å². The second-order valence-corrected chi connectivity index (χ2v) is 11.3. The molecule has 1 amide bonds. The zero-order valence-corrected chi connectivity index (χ0v) is 23.1. The normalized spacial score (nSPS) is 17.8. The molecule has 0 spiro atoms. The summed E-state index contributed by atoms with van der Waals surface area (Å²) in [5.74, 6) is -0.0702. The van der Waals surface area contributed by atoms with Gasteiger partial charge in [0, 0.05) is 52.6 Å². The van der Waals surface area contributed by atoms with Crippen molar-refractivity contribution in [2.75, 3.05) is 17.9 Å². The number of hydrogen-bond donors (Lipinski definition) is 2. The highest BCUT2D eigenvalue weighted by Crippen LogP contribution is 2.36. The molecule has 1 saturated carbocycles. The fraction of sp³-hybridized carbons (Fsp3) is 0.385. The van der Waals surface area contributed by atoms with Crippen molar-refractivity contribution in [3.63, 3.8) is 0 Å². The van der Waals surface area contributed by atoms with E-state index in [-0.39, 0.29) is 17.9 Å². The minimum Gasteiger partial charge on any atom is -0.381 e. The molecule has 0 bridgehead atoms. The van der Waals surface area contributed by atoms with Crippen molar-refractivity contribution in [2.45, 2.75) is 44.4 Å². The highest BCUT2D eigenvalue weighted by atomic mass is 35.5. The second kappa shape index (κ2) is 11.8. The maximum absolute atomic E-state index is 13.3. The number of amides is 1. The first-order valence-corrected chi connectivity index (χ1v) is 14.6. The third kappa shape index (κ3) is 6.09. The molecule has 11 heteroatoms. The van der Waals surface area contributed by atoms with Crippen LogP contribution in [0.3, 0.4) is 0 Å². The number of halogens is 1. The van der Waals surface area contributed by atoms with Gasteiger partial charge in [-0.1, -0.05) is 25.4 Å². The van der Waals surface area contributed by atoms with Crippen molar-refractivity contribution in [1.29, 1.82) is 0 Å². The Morgan fingerprint density at radius 2 is 2.08 bits per heavy atom. The first-order chi connectivity index (χ1) is 18.1. The van der Waals surface area contributed by atoms with Gasteiger partial charge in [0.2, 0.25) is 0 Å². The number of rotatable bonds is 8. The summed E-state index contributed by atoms with van der Waals surface area (Å²) in [6.45, 7) is 5.28. The lowest BCUT2D eigenvalue weighted by atomic mass is 9.95. The molecule has 0 aromatic carbocycles. The Morgan fingerprint density at radius 3 is 2.86 bits per heavy atom. The fourth-order valence-electron chi connectivity index (χ4n) is 4.12. The fourth-order valence-corrected chi connectivity index (χ4v) is 5.92. The van der Waals surface area contributed by atoms with Crippen LogP contribution in [0.2, 0.25) is 5.02 Å². The maximum Gasteiger partial charge on any atom is 0.280 e. The largest absolute Gasteiger partial charge is 0.381 e. The van der Waals surface area contributed by atoms with Crippen LogP contribution in [0.25, 0.3) is 16.0 Å². The molecule has 0 radical (unpaired) electrons. The van der Waals surface area contributed by atoms with Gasteiger partial charge in [-0.2, -0.15) is 5.10 Å². The van der Waals surface area contributed by atoms with E-state index in [1.54, 1.807) is 41.1 Å². The number of ether oxygens (including phenoxy) is 1. The number of fused-ring (bicyclic) bond motifs is 1. The monoisotopic (exact) mass is 556 g/mol. The predicted molar refractivity (Wildman–Crippen MR) is 150 cm³/mol. The third-order valence-electron chi connectivity index (χ3n) is 6.14. The molecule has 6 rings (SSSR count).